The van der Waals surface area contributed by atoms with E-state index in [4.69, 9.17) is 4.74 Å². The molecule has 2 aromatic carbocycles. The summed E-state index contributed by atoms with van der Waals surface area (Å²) >= 11 is 0. The normalized spacial score (nSPS) is 12.3. The minimum atomic E-state index is -3.79. The Labute approximate surface area is 165 Å². The number of nitrogens with zero attached hydrogens (tertiary/aromatic N) is 1. The number of halogens is 1. The topological polar surface area (TPSA) is 75.7 Å². The van der Waals surface area contributed by atoms with Crippen LogP contribution in [0.25, 0.3) is 0 Å². The molecule has 28 heavy (non-hydrogen) atoms. The van der Waals surface area contributed by atoms with Gasteiger partial charge in [0.25, 0.3) is 0 Å². The third-order valence-corrected chi connectivity index (χ3v) is 5.61. The Kier molecular flexibility index (Phi) is 7.01. The van der Waals surface area contributed by atoms with Gasteiger partial charge in [-0.1, -0.05) is 18.2 Å². The molecule has 0 radical (unpaired) electrons. The molecule has 152 valence electrons. The summed E-state index contributed by atoms with van der Waals surface area (Å²) in [5, 5.41) is 2.66. The summed E-state index contributed by atoms with van der Waals surface area (Å²) in [6.45, 7) is 5.83. The molecule has 0 aliphatic heterocycles. The largest absolute Gasteiger partial charge is 0.491 e. The summed E-state index contributed by atoms with van der Waals surface area (Å²) in [4.78, 5) is 12.5. The van der Waals surface area contributed by atoms with Gasteiger partial charge in [0.2, 0.25) is 15.9 Å². The van der Waals surface area contributed by atoms with Gasteiger partial charge in [-0.15, -0.1) is 0 Å². The minimum absolute atomic E-state index is 0.0942. The summed E-state index contributed by atoms with van der Waals surface area (Å²) in [7, 11) is -3.79. The van der Waals surface area contributed by atoms with Crippen LogP contribution in [0.4, 0.5) is 10.1 Å². The van der Waals surface area contributed by atoms with Crippen molar-refractivity contribution in [3.63, 3.8) is 0 Å². The highest BCUT2D eigenvalue weighted by Crippen LogP contribution is 2.22. The summed E-state index contributed by atoms with van der Waals surface area (Å²) in [6, 6.07) is 9.80. The van der Waals surface area contributed by atoms with Gasteiger partial charge in [-0.3, -0.25) is 9.10 Å². The predicted octanol–water partition coefficient (Wildman–Crippen LogP) is 2.79. The van der Waals surface area contributed by atoms with Crippen molar-refractivity contribution in [2.24, 2.45) is 0 Å². The van der Waals surface area contributed by atoms with Gasteiger partial charge in [0.1, 0.15) is 24.2 Å². The number of hydrogen-bond donors (Lipinski definition) is 1. The van der Waals surface area contributed by atoms with Gasteiger partial charge in [0.15, 0.2) is 0 Å². The first-order valence-electron chi connectivity index (χ1n) is 8.83. The Morgan fingerprint density at radius 1 is 1.21 bits per heavy atom. The molecule has 0 aliphatic carbocycles. The van der Waals surface area contributed by atoms with Gasteiger partial charge in [-0.2, -0.15) is 0 Å². The Morgan fingerprint density at radius 3 is 2.54 bits per heavy atom. The maximum atomic E-state index is 13.5. The quantitative estimate of drug-likeness (QED) is 0.682. The highest BCUT2D eigenvalue weighted by Gasteiger charge is 2.29. The lowest BCUT2D eigenvalue weighted by atomic mass is 10.1. The smallest absolute Gasteiger partial charge is 0.243 e. The number of nitrogens with one attached hydrogen (secondary N) is 1. The van der Waals surface area contributed by atoms with Crippen LogP contribution in [-0.4, -0.2) is 39.8 Å². The van der Waals surface area contributed by atoms with E-state index in [1.54, 1.807) is 0 Å². The predicted molar refractivity (Wildman–Crippen MR) is 108 cm³/mol. The molecule has 0 aliphatic rings. The number of aryl methyl sites for hydroxylation is 1. The lowest BCUT2D eigenvalue weighted by molar-refractivity contribution is -0.121. The first kappa shape index (κ1) is 21.7. The van der Waals surface area contributed by atoms with Crippen LogP contribution >= 0.6 is 0 Å². The van der Waals surface area contributed by atoms with Crippen molar-refractivity contribution in [1.82, 2.24) is 5.32 Å². The standard InChI is InChI=1S/C20H25FN2O4S/c1-14-7-5-10-19(15(14)2)27-12-11-22-20(24)16(3)23(28(4,25)26)18-9-6-8-17(21)13-18/h5-10,13,16H,11-12H2,1-4H3,(H,22,24). The van der Waals surface area contributed by atoms with E-state index < -0.39 is 27.8 Å². The van der Waals surface area contributed by atoms with Crippen molar-refractivity contribution in [2.45, 2.75) is 26.8 Å². The van der Waals surface area contributed by atoms with Crippen LogP contribution in [0.2, 0.25) is 0 Å². The fourth-order valence-corrected chi connectivity index (χ4v) is 3.95. The molecule has 2 aromatic rings. The number of ether oxygens (including phenoxy) is 1. The summed E-state index contributed by atoms with van der Waals surface area (Å²) in [6.07, 6.45) is 0.977. The van der Waals surface area contributed by atoms with Crippen LogP contribution in [0.1, 0.15) is 18.1 Å². The molecule has 1 amide bonds. The van der Waals surface area contributed by atoms with Crippen LogP contribution in [0.5, 0.6) is 5.75 Å². The molecule has 0 aromatic heterocycles. The molecule has 1 N–H and O–H groups in total. The molecule has 0 saturated carbocycles. The zero-order chi connectivity index (χ0) is 20.9. The number of sulfonamides is 1. The fourth-order valence-electron chi connectivity index (χ4n) is 2.79. The maximum absolute atomic E-state index is 13.5. The van der Waals surface area contributed by atoms with Crippen LogP contribution in [0.3, 0.4) is 0 Å². The van der Waals surface area contributed by atoms with Gasteiger partial charge in [0, 0.05) is 0 Å². The van der Waals surface area contributed by atoms with Gasteiger partial charge >= 0.3 is 0 Å². The SMILES string of the molecule is Cc1cccc(OCCNC(=O)C(C)N(c2cccc(F)c2)S(C)(=O)=O)c1C. The lowest BCUT2D eigenvalue weighted by Crippen LogP contribution is -2.48. The first-order chi connectivity index (χ1) is 13.1. The van der Waals surface area contributed by atoms with E-state index in [2.05, 4.69) is 5.32 Å². The Balaban J connectivity index is 2.00. The molecule has 2 rings (SSSR count). The number of rotatable bonds is 8. The zero-order valence-corrected chi connectivity index (χ0v) is 17.2. The second-order valence-corrected chi connectivity index (χ2v) is 8.41. The molecule has 0 fully saturated rings. The van der Waals surface area contributed by atoms with Crippen molar-refractivity contribution in [3.05, 3.63) is 59.4 Å². The summed E-state index contributed by atoms with van der Waals surface area (Å²) in [5.74, 6) is -0.347. The third-order valence-electron chi connectivity index (χ3n) is 4.36. The fraction of sp³-hybridized carbons (Fsp3) is 0.350. The van der Waals surface area contributed by atoms with Crippen molar-refractivity contribution in [3.8, 4) is 5.75 Å². The van der Waals surface area contributed by atoms with E-state index >= 15 is 0 Å². The average Bonchev–Trinajstić information content (AvgIpc) is 2.60. The summed E-state index contributed by atoms with van der Waals surface area (Å²) in [5.41, 5.74) is 2.22. The lowest BCUT2D eigenvalue weighted by Gasteiger charge is -2.28. The molecule has 0 saturated heterocycles. The van der Waals surface area contributed by atoms with Gasteiger partial charge in [-0.05, 0) is 56.2 Å². The maximum Gasteiger partial charge on any atom is 0.243 e. The molecule has 8 heteroatoms. The van der Waals surface area contributed by atoms with Crippen LogP contribution in [-0.2, 0) is 14.8 Å². The van der Waals surface area contributed by atoms with Gasteiger partial charge in [0.05, 0.1) is 18.5 Å². The van der Waals surface area contributed by atoms with Crippen LogP contribution < -0.4 is 14.4 Å². The van der Waals surface area contributed by atoms with E-state index in [9.17, 15) is 17.6 Å². The van der Waals surface area contributed by atoms with Crippen LogP contribution in [0, 0.1) is 19.7 Å². The summed E-state index contributed by atoms with van der Waals surface area (Å²) < 4.78 is 44.4. The number of carbonyl (C=O) groups is 1. The number of benzene rings is 2. The van der Waals surface area contributed by atoms with E-state index in [-0.39, 0.29) is 18.8 Å². The molecule has 1 unspecified atom stereocenters. The monoisotopic (exact) mass is 408 g/mol. The van der Waals surface area contributed by atoms with Gasteiger partial charge in [-0.25, -0.2) is 12.8 Å². The molecule has 0 heterocycles. The molecule has 1 atom stereocenters. The van der Waals surface area contributed by atoms with Crippen molar-refractivity contribution >= 4 is 21.6 Å². The Morgan fingerprint density at radius 2 is 1.89 bits per heavy atom. The molecule has 6 nitrogen and oxygen atoms in total. The first-order valence-corrected chi connectivity index (χ1v) is 10.7. The van der Waals surface area contributed by atoms with Crippen LogP contribution in [0.15, 0.2) is 42.5 Å². The Hall–Kier alpha value is -2.61. The number of carbonyl (C=O) groups excluding carboxylic acids is 1. The van der Waals surface area contributed by atoms with E-state index in [0.29, 0.717) is 0 Å². The zero-order valence-electron chi connectivity index (χ0n) is 16.4. The van der Waals surface area contributed by atoms with E-state index in [0.717, 1.165) is 33.5 Å². The third kappa shape index (κ3) is 5.45. The van der Waals surface area contributed by atoms with Crippen molar-refractivity contribution in [1.29, 1.82) is 0 Å². The minimum Gasteiger partial charge on any atom is -0.491 e. The average molecular weight is 408 g/mol. The van der Waals surface area contributed by atoms with Crippen molar-refractivity contribution in [2.75, 3.05) is 23.7 Å². The number of anilines is 1. The van der Waals surface area contributed by atoms with Gasteiger partial charge < -0.3 is 10.1 Å². The van der Waals surface area contributed by atoms with E-state index in [1.165, 1.54) is 25.1 Å². The molecular formula is C20H25FN2O4S. The molecule has 0 spiro atoms. The highest BCUT2D eigenvalue weighted by molar-refractivity contribution is 7.92. The second kappa shape index (κ2) is 9.05. The Bertz CT molecular complexity index is 947. The number of hydrogen-bond acceptors (Lipinski definition) is 4. The number of amides is 1. The molecular weight excluding hydrogens is 383 g/mol. The molecule has 0 bridgehead atoms. The van der Waals surface area contributed by atoms with E-state index in [1.807, 2.05) is 32.0 Å². The second-order valence-electron chi connectivity index (χ2n) is 6.55. The highest BCUT2D eigenvalue weighted by atomic mass is 32.2. The van der Waals surface area contributed by atoms with Crippen molar-refractivity contribution < 1.29 is 22.3 Å².